The fraction of sp³-hybridized carbons (Fsp3) is 0.591. The molecular formula is C22H35N5O2. The van der Waals surface area contributed by atoms with Gasteiger partial charge in [-0.25, -0.2) is 4.99 Å². The van der Waals surface area contributed by atoms with Crippen molar-refractivity contribution in [2.45, 2.75) is 59.0 Å². The van der Waals surface area contributed by atoms with Crippen molar-refractivity contribution in [1.29, 1.82) is 0 Å². The molecule has 1 aliphatic heterocycles. The van der Waals surface area contributed by atoms with Crippen LogP contribution in [0.15, 0.2) is 29.3 Å². The molecule has 1 heterocycles. The normalized spacial score (nSPS) is 15.6. The predicted molar refractivity (Wildman–Crippen MR) is 117 cm³/mol. The largest absolute Gasteiger partial charge is 0.357 e. The Balaban J connectivity index is 1.92. The summed E-state index contributed by atoms with van der Waals surface area (Å²) >= 11 is 0. The van der Waals surface area contributed by atoms with Gasteiger partial charge in [0.15, 0.2) is 5.96 Å². The number of nitrogens with zero attached hydrogens (tertiary/aromatic N) is 2. The minimum atomic E-state index is -0.108. The van der Waals surface area contributed by atoms with Gasteiger partial charge in [-0.2, -0.15) is 0 Å². The van der Waals surface area contributed by atoms with Gasteiger partial charge in [0, 0.05) is 31.2 Å². The molecule has 0 spiro atoms. The molecule has 1 unspecified atom stereocenters. The van der Waals surface area contributed by atoms with Gasteiger partial charge in [0.2, 0.25) is 5.91 Å². The summed E-state index contributed by atoms with van der Waals surface area (Å²) < 4.78 is 0. The van der Waals surface area contributed by atoms with Crippen LogP contribution in [0.5, 0.6) is 0 Å². The average Bonchev–Trinajstić information content (AvgIpc) is 2.72. The molecule has 2 rings (SSSR count). The second kappa shape index (κ2) is 12.1. The Morgan fingerprint density at radius 1 is 1.24 bits per heavy atom. The zero-order chi connectivity index (χ0) is 21.1. The number of guanidine groups is 1. The summed E-state index contributed by atoms with van der Waals surface area (Å²) in [6.45, 7) is 8.98. The molecule has 1 saturated heterocycles. The molecule has 1 aromatic rings. The molecular weight excluding hydrogens is 366 g/mol. The van der Waals surface area contributed by atoms with Crippen LogP contribution in [0.2, 0.25) is 0 Å². The number of nitrogens with one attached hydrogen (secondary N) is 3. The Morgan fingerprint density at radius 2 is 2.00 bits per heavy atom. The van der Waals surface area contributed by atoms with Crippen molar-refractivity contribution < 1.29 is 9.59 Å². The van der Waals surface area contributed by atoms with Crippen LogP contribution in [0.4, 0.5) is 0 Å². The van der Waals surface area contributed by atoms with Gasteiger partial charge < -0.3 is 20.9 Å². The topological polar surface area (TPSA) is 85.8 Å². The van der Waals surface area contributed by atoms with Gasteiger partial charge in [-0.1, -0.05) is 38.3 Å². The maximum absolute atomic E-state index is 12.5. The zero-order valence-electron chi connectivity index (χ0n) is 18.0. The summed E-state index contributed by atoms with van der Waals surface area (Å²) in [4.78, 5) is 30.3. The lowest BCUT2D eigenvalue weighted by molar-refractivity contribution is -0.123. The zero-order valence-corrected chi connectivity index (χ0v) is 18.0. The van der Waals surface area contributed by atoms with E-state index >= 15 is 0 Å². The molecule has 7 heteroatoms. The quantitative estimate of drug-likeness (QED) is 0.337. The van der Waals surface area contributed by atoms with E-state index in [1.807, 2.05) is 24.3 Å². The Labute approximate surface area is 174 Å². The maximum atomic E-state index is 12.5. The van der Waals surface area contributed by atoms with Gasteiger partial charge in [-0.3, -0.25) is 9.59 Å². The SMILES string of the molecule is CCCCCC(C)NC(=NCc1ccc(C(=O)N2CCNC(=O)C2)cc1)NCC. The minimum Gasteiger partial charge on any atom is -0.357 e. The molecule has 0 saturated carbocycles. The van der Waals surface area contributed by atoms with E-state index in [2.05, 4.69) is 41.7 Å². The highest BCUT2D eigenvalue weighted by Crippen LogP contribution is 2.10. The van der Waals surface area contributed by atoms with Crippen LogP contribution in [-0.2, 0) is 11.3 Å². The molecule has 1 aromatic carbocycles. The number of hydrogen-bond donors (Lipinski definition) is 3. The highest BCUT2D eigenvalue weighted by atomic mass is 16.2. The molecule has 2 amide bonds. The first-order valence-electron chi connectivity index (χ1n) is 10.7. The summed E-state index contributed by atoms with van der Waals surface area (Å²) in [5.74, 6) is 0.602. The van der Waals surface area contributed by atoms with E-state index < -0.39 is 0 Å². The average molecular weight is 402 g/mol. The number of amides is 2. The summed E-state index contributed by atoms with van der Waals surface area (Å²) in [7, 11) is 0. The Bertz CT molecular complexity index is 687. The maximum Gasteiger partial charge on any atom is 0.254 e. The minimum absolute atomic E-state index is 0.106. The number of hydrogen-bond acceptors (Lipinski definition) is 3. The number of piperazine rings is 1. The summed E-state index contributed by atoms with van der Waals surface area (Å²) in [6.07, 6.45) is 4.83. The van der Waals surface area contributed by atoms with Crippen molar-refractivity contribution in [3.05, 3.63) is 35.4 Å². The predicted octanol–water partition coefficient (Wildman–Crippen LogP) is 2.28. The number of aliphatic imine (C=N–C) groups is 1. The van der Waals surface area contributed by atoms with Gasteiger partial charge in [0.1, 0.15) is 0 Å². The lowest BCUT2D eigenvalue weighted by atomic mass is 10.1. The standard InChI is InChI=1S/C22H35N5O2/c1-4-6-7-8-17(3)26-22(23-5-2)25-15-18-9-11-19(12-10-18)21(29)27-14-13-24-20(28)16-27/h9-12,17H,4-8,13-16H2,1-3H3,(H,24,28)(H2,23,25,26). The van der Waals surface area contributed by atoms with Crippen LogP contribution >= 0.6 is 0 Å². The van der Waals surface area contributed by atoms with Crippen molar-refractivity contribution in [3.63, 3.8) is 0 Å². The monoisotopic (exact) mass is 401 g/mol. The van der Waals surface area contributed by atoms with Crippen molar-refractivity contribution in [3.8, 4) is 0 Å². The van der Waals surface area contributed by atoms with E-state index in [4.69, 9.17) is 0 Å². The van der Waals surface area contributed by atoms with E-state index in [1.165, 1.54) is 19.3 Å². The number of carbonyl (C=O) groups excluding carboxylic acids is 2. The van der Waals surface area contributed by atoms with Crippen LogP contribution in [-0.4, -0.2) is 54.9 Å². The second-order valence-corrected chi connectivity index (χ2v) is 7.51. The Morgan fingerprint density at radius 3 is 2.66 bits per heavy atom. The van der Waals surface area contributed by atoms with Crippen molar-refractivity contribution in [2.75, 3.05) is 26.2 Å². The third-order valence-corrected chi connectivity index (χ3v) is 4.91. The van der Waals surface area contributed by atoms with E-state index in [-0.39, 0.29) is 18.4 Å². The first kappa shape index (κ1) is 22.7. The third kappa shape index (κ3) is 7.75. The highest BCUT2D eigenvalue weighted by molar-refractivity contribution is 5.97. The molecule has 7 nitrogen and oxygen atoms in total. The van der Waals surface area contributed by atoms with E-state index in [9.17, 15) is 9.59 Å². The van der Waals surface area contributed by atoms with E-state index in [0.717, 1.165) is 24.5 Å². The summed E-state index contributed by atoms with van der Waals surface area (Å²) in [6, 6.07) is 7.85. The van der Waals surface area contributed by atoms with Crippen LogP contribution in [0.1, 0.15) is 62.4 Å². The lowest BCUT2D eigenvalue weighted by Gasteiger charge is -2.26. The molecule has 0 radical (unpaired) electrons. The number of carbonyl (C=O) groups is 2. The van der Waals surface area contributed by atoms with Gasteiger partial charge in [-0.15, -0.1) is 0 Å². The molecule has 1 aliphatic rings. The Kier molecular flexibility index (Phi) is 9.47. The van der Waals surface area contributed by atoms with Crippen LogP contribution in [0.3, 0.4) is 0 Å². The summed E-state index contributed by atoms with van der Waals surface area (Å²) in [5.41, 5.74) is 1.63. The van der Waals surface area contributed by atoms with Gasteiger partial charge in [0.25, 0.3) is 5.91 Å². The molecule has 160 valence electrons. The first-order chi connectivity index (χ1) is 14.0. The van der Waals surface area contributed by atoms with E-state index in [0.29, 0.717) is 31.2 Å². The van der Waals surface area contributed by atoms with Gasteiger partial charge in [-0.05, 0) is 38.0 Å². The molecule has 1 fully saturated rings. The fourth-order valence-electron chi connectivity index (χ4n) is 3.24. The highest BCUT2D eigenvalue weighted by Gasteiger charge is 2.22. The number of benzene rings is 1. The van der Waals surface area contributed by atoms with Gasteiger partial charge >= 0.3 is 0 Å². The molecule has 0 aromatic heterocycles. The van der Waals surface area contributed by atoms with Crippen LogP contribution < -0.4 is 16.0 Å². The molecule has 29 heavy (non-hydrogen) atoms. The van der Waals surface area contributed by atoms with Crippen molar-refractivity contribution in [2.24, 2.45) is 4.99 Å². The molecule has 0 bridgehead atoms. The number of unbranched alkanes of at least 4 members (excludes halogenated alkanes) is 2. The van der Waals surface area contributed by atoms with Crippen LogP contribution in [0.25, 0.3) is 0 Å². The third-order valence-electron chi connectivity index (χ3n) is 4.91. The smallest absolute Gasteiger partial charge is 0.254 e. The van der Waals surface area contributed by atoms with Crippen molar-refractivity contribution >= 4 is 17.8 Å². The first-order valence-corrected chi connectivity index (χ1v) is 10.7. The lowest BCUT2D eigenvalue weighted by Crippen LogP contribution is -2.49. The second-order valence-electron chi connectivity index (χ2n) is 7.51. The molecule has 0 aliphatic carbocycles. The summed E-state index contributed by atoms with van der Waals surface area (Å²) in [5, 5.41) is 9.49. The molecule has 1 atom stereocenters. The fourth-order valence-corrected chi connectivity index (χ4v) is 3.24. The molecule has 3 N–H and O–H groups in total. The number of rotatable bonds is 9. The Hall–Kier alpha value is -2.57. The van der Waals surface area contributed by atoms with Gasteiger partial charge in [0.05, 0.1) is 13.1 Å². The van der Waals surface area contributed by atoms with E-state index in [1.54, 1.807) is 4.90 Å². The van der Waals surface area contributed by atoms with Crippen LogP contribution in [0, 0.1) is 0 Å². The van der Waals surface area contributed by atoms with Crippen molar-refractivity contribution in [1.82, 2.24) is 20.9 Å².